The van der Waals surface area contributed by atoms with Crippen molar-refractivity contribution in [2.45, 2.75) is 6.04 Å². The lowest BCUT2D eigenvalue weighted by atomic mass is 10.1. The predicted octanol–water partition coefficient (Wildman–Crippen LogP) is 3.55. The molecule has 0 saturated carbocycles. The average Bonchev–Trinajstić information content (AvgIpc) is 2.14. The summed E-state index contributed by atoms with van der Waals surface area (Å²) in [6.45, 7) is 3.74. The Labute approximate surface area is 91.9 Å². The van der Waals surface area contributed by atoms with Gasteiger partial charge < -0.3 is 5.32 Å². The number of benzene rings is 1. The molecule has 0 spiro atoms. The van der Waals surface area contributed by atoms with E-state index in [0.717, 1.165) is 15.1 Å². The van der Waals surface area contributed by atoms with E-state index in [1.54, 1.807) is 0 Å². The molecule has 0 heterocycles. The standard InChI is InChI=1S/C10H11BrClN/c1-3-9(13-2)7-5-4-6-8(11)10(7)12/h3-6,9,13H,1H2,2H3. The van der Waals surface area contributed by atoms with E-state index in [4.69, 9.17) is 11.6 Å². The molecule has 70 valence electrons. The molecule has 1 atom stereocenters. The fraction of sp³-hybridized carbons (Fsp3) is 0.200. The lowest BCUT2D eigenvalue weighted by Crippen LogP contribution is -2.13. The van der Waals surface area contributed by atoms with Crippen molar-refractivity contribution in [3.63, 3.8) is 0 Å². The van der Waals surface area contributed by atoms with Crippen molar-refractivity contribution in [1.82, 2.24) is 5.32 Å². The van der Waals surface area contributed by atoms with Crippen LogP contribution in [0.1, 0.15) is 11.6 Å². The van der Waals surface area contributed by atoms with E-state index in [-0.39, 0.29) is 6.04 Å². The van der Waals surface area contributed by atoms with E-state index < -0.39 is 0 Å². The Bertz CT molecular complexity index is 312. The van der Waals surface area contributed by atoms with Crippen molar-refractivity contribution in [2.75, 3.05) is 7.05 Å². The second-order valence-corrected chi connectivity index (χ2v) is 3.88. The van der Waals surface area contributed by atoms with Gasteiger partial charge in [0.25, 0.3) is 0 Å². The zero-order chi connectivity index (χ0) is 9.84. The molecule has 1 aromatic carbocycles. The van der Waals surface area contributed by atoms with E-state index in [1.165, 1.54) is 0 Å². The Kier molecular flexibility index (Phi) is 3.97. The van der Waals surface area contributed by atoms with Gasteiger partial charge in [-0.2, -0.15) is 0 Å². The first kappa shape index (κ1) is 10.8. The molecule has 1 aromatic rings. The minimum atomic E-state index is 0.102. The molecule has 0 aliphatic carbocycles. The molecule has 0 radical (unpaired) electrons. The van der Waals surface area contributed by atoms with Crippen LogP contribution in [0, 0.1) is 0 Å². The second kappa shape index (κ2) is 4.80. The van der Waals surface area contributed by atoms with E-state index in [2.05, 4.69) is 27.8 Å². The highest BCUT2D eigenvalue weighted by Crippen LogP contribution is 2.30. The molecule has 0 saturated heterocycles. The summed E-state index contributed by atoms with van der Waals surface area (Å²) in [5, 5.41) is 3.85. The van der Waals surface area contributed by atoms with Gasteiger partial charge in [0.2, 0.25) is 0 Å². The third kappa shape index (κ3) is 2.33. The van der Waals surface area contributed by atoms with Gasteiger partial charge in [-0.05, 0) is 34.6 Å². The molecule has 1 N–H and O–H groups in total. The van der Waals surface area contributed by atoms with Crippen molar-refractivity contribution in [1.29, 1.82) is 0 Å². The number of hydrogen-bond donors (Lipinski definition) is 1. The van der Waals surface area contributed by atoms with Crippen LogP contribution < -0.4 is 5.32 Å². The lowest BCUT2D eigenvalue weighted by molar-refractivity contribution is 0.716. The Hall–Kier alpha value is -0.310. The second-order valence-electron chi connectivity index (χ2n) is 2.65. The van der Waals surface area contributed by atoms with Gasteiger partial charge in [-0.25, -0.2) is 0 Å². The monoisotopic (exact) mass is 259 g/mol. The number of nitrogens with one attached hydrogen (secondary N) is 1. The SMILES string of the molecule is C=CC(NC)c1cccc(Br)c1Cl. The topological polar surface area (TPSA) is 12.0 Å². The summed E-state index contributed by atoms with van der Waals surface area (Å²) in [5.74, 6) is 0. The molecule has 0 aliphatic rings. The molecule has 1 unspecified atom stereocenters. The number of likely N-dealkylation sites (N-methyl/N-ethyl adjacent to an activating group) is 1. The van der Waals surface area contributed by atoms with Gasteiger partial charge in [-0.1, -0.05) is 29.8 Å². The average molecular weight is 261 g/mol. The van der Waals surface area contributed by atoms with Gasteiger partial charge in [-0.3, -0.25) is 0 Å². The molecule has 0 aromatic heterocycles. The highest BCUT2D eigenvalue weighted by Gasteiger charge is 2.10. The number of hydrogen-bond acceptors (Lipinski definition) is 1. The molecular weight excluding hydrogens is 249 g/mol. The first-order chi connectivity index (χ1) is 6.20. The largest absolute Gasteiger partial charge is 0.310 e. The molecular formula is C10H11BrClN. The number of rotatable bonds is 3. The zero-order valence-electron chi connectivity index (χ0n) is 7.35. The Morgan fingerprint density at radius 3 is 2.85 bits per heavy atom. The molecule has 3 heteroatoms. The summed E-state index contributed by atoms with van der Waals surface area (Å²) in [6.07, 6.45) is 1.83. The molecule has 0 amide bonds. The van der Waals surface area contributed by atoms with Crippen LogP contribution in [0.2, 0.25) is 5.02 Å². The predicted molar refractivity (Wildman–Crippen MR) is 61.1 cm³/mol. The van der Waals surface area contributed by atoms with Crippen LogP contribution in [0.3, 0.4) is 0 Å². The van der Waals surface area contributed by atoms with Crippen molar-refractivity contribution in [3.8, 4) is 0 Å². The van der Waals surface area contributed by atoms with E-state index in [1.807, 2.05) is 31.3 Å². The van der Waals surface area contributed by atoms with Gasteiger partial charge in [0.15, 0.2) is 0 Å². The molecule has 0 aliphatic heterocycles. The smallest absolute Gasteiger partial charge is 0.0599 e. The van der Waals surface area contributed by atoms with Crippen molar-refractivity contribution >= 4 is 27.5 Å². The van der Waals surface area contributed by atoms with Crippen molar-refractivity contribution in [2.24, 2.45) is 0 Å². The summed E-state index contributed by atoms with van der Waals surface area (Å²) in [6, 6.07) is 5.96. The van der Waals surface area contributed by atoms with Gasteiger partial charge in [-0.15, -0.1) is 6.58 Å². The van der Waals surface area contributed by atoms with Gasteiger partial charge in [0.05, 0.1) is 11.1 Å². The van der Waals surface area contributed by atoms with Crippen LogP contribution in [0.25, 0.3) is 0 Å². The Morgan fingerprint density at radius 2 is 2.31 bits per heavy atom. The van der Waals surface area contributed by atoms with Crippen molar-refractivity contribution < 1.29 is 0 Å². The van der Waals surface area contributed by atoms with E-state index in [0.29, 0.717) is 0 Å². The molecule has 13 heavy (non-hydrogen) atoms. The maximum atomic E-state index is 6.11. The quantitative estimate of drug-likeness (QED) is 0.820. The summed E-state index contributed by atoms with van der Waals surface area (Å²) >= 11 is 9.49. The van der Waals surface area contributed by atoms with E-state index in [9.17, 15) is 0 Å². The maximum absolute atomic E-state index is 6.11. The van der Waals surface area contributed by atoms with Crippen LogP contribution in [0.5, 0.6) is 0 Å². The van der Waals surface area contributed by atoms with Crippen LogP contribution in [0.15, 0.2) is 35.3 Å². The molecule has 0 bridgehead atoms. The van der Waals surface area contributed by atoms with E-state index >= 15 is 0 Å². The third-order valence-corrected chi connectivity index (χ3v) is 3.17. The highest BCUT2D eigenvalue weighted by atomic mass is 79.9. The molecule has 0 fully saturated rings. The summed E-state index contributed by atoms with van der Waals surface area (Å²) in [5.41, 5.74) is 1.04. The highest BCUT2D eigenvalue weighted by molar-refractivity contribution is 9.10. The van der Waals surface area contributed by atoms with Crippen LogP contribution in [-0.4, -0.2) is 7.05 Å². The molecule has 1 rings (SSSR count). The van der Waals surface area contributed by atoms with Gasteiger partial charge >= 0.3 is 0 Å². The van der Waals surface area contributed by atoms with Crippen molar-refractivity contribution in [3.05, 3.63) is 45.9 Å². The first-order valence-corrected chi connectivity index (χ1v) is 5.11. The zero-order valence-corrected chi connectivity index (χ0v) is 9.69. The third-order valence-electron chi connectivity index (χ3n) is 1.86. The minimum Gasteiger partial charge on any atom is -0.310 e. The van der Waals surface area contributed by atoms with Gasteiger partial charge in [0.1, 0.15) is 0 Å². The minimum absolute atomic E-state index is 0.102. The Balaban J connectivity index is 3.13. The van der Waals surface area contributed by atoms with Gasteiger partial charge in [0, 0.05) is 4.47 Å². The normalized spacial score (nSPS) is 12.5. The summed E-state index contributed by atoms with van der Waals surface area (Å²) in [7, 11) is 1.88. The molecule has 1 nitrogen and oxygen atoms in total. The Morgan fingerprint density at radius 1 is 1.62 bits per heavy atom. The van der Waals surface area contributed by atoms with Crippen LogP contribution in [-0.2, 0) is 0 Å². The summed E-state index contributed by atoms with van der Waals surface area (Å²) < 4.78 is 0.911. The first-order valence-electron chi connectivity index (χ1n) is 3.94. The summed E-state index contributed by atoms with van der Waals surface area (Å²) in [4.78, 5) is 0. The van der Waals surface area contributed by atoms with Crippen LogP contribution in [0.4, 0.5) is 0 Å². The number of halogens is 2. The fourth-order valence-corrected chi connectivity index (χ4v) is 1.79. The fourth-order valence-electron chi connectivity index (χ4n) is 1.16. The lowest BCUT2D eigenvalue weighted by Gasteiger charge is -2.13. The van der Waals surface area contributed by atoms with Crippen LogP contribution >= 0.6 is 27.5 Å². The maximum Gasteiger partial charge on any atom is 0.0599 e.